The van der Waals surface area contributed by atoms with Gasteiger partial charge in [-0.2, -0.15) is 0 Å². The van der Waals surface area contributed by atoms with Crippen LogP contribution in [0, 0.1) is 5.92 Å². The van der Waals surface area contributed by atoms with Crippen molar-refractivity contribution >= 4 is 28.9 Å². The van der Waals surface area contributed by atoms with Crippen LogP contribution < -0.4 is 20.7 Å². The van der Waals surface area contributed by atoms with Crippen LogP contribution in [-0.4, -0.2) is 25.0 Å². The zero-order chi connectivity index (χ0) is 18.9. The standard InChI is InChI=1S/C20H25N3O3/c1-14(2)13-26-19-9-7-16(8-10-19)21-12-20(25)23-18-6-4-5-17(11-18)22-15(3)24/h4-11,14,21H,12-13H2,1-3H3,(H,22,24)(H,23,25). The molecule has 0 aliphatic rings. The molecule has 0 saturated heterocycles. The molecule has 0 bridgehead atoms. The quantitative estimate of drug-likeness (QED) is 0.674. The summed E-state index contributed by atoms with van der Waals surface area (Å²) in [6.45, 7) is 6.44. The minimum absolute atomic E-state index is 0.135. The zero-order valence-electron chi connectivity index (χ0n) is 15.3. The van der Waals surface area contributed by atoms with Gasteiger partial charge in [-0.3, -0.25) is 9.59 Å². The van der Waals surface area contributed by atoms with Crippen LogP contribution in [0.5, 0.6) is 5.75 Å². The fourth-order valence-electron chi connectivity index (χ4n) is 2.20. The van der Waals surface area contributed by atoms with Crippen molar-refractivity contribution in [3.63, 3.8) is 0 Å². The molecule has 6 heteroatoms. The average Bonchev–Trinajstić information content (AvgIpc) is 2.59. The monoisotopic (exact) mass is 355 g/mol. The third kappa shape index (κ3) is 6.84. The number of rotatable bonds is 8. The van der Waals surface area contributed by atoms with Crippen molar-refractivity contribution < 1.29 is 14.3 Å². The summed E-state index contributed by atoms with van der Waals surface area (Å²) >= 11 is 0. The van der Waals surface area contributed by atoms with E-state index in [9.17, 15) is 9.59 Å². The Hall–Kier alpha value is -3.02. The number of hydrogen-bond donors (Lipinski definition) is 3. The third-order valence-electron chi connectivity index (χ3n) is 3.36. The van der Waals surface area contributed by atoms with E-state index in [-0.39, 0.29) is 18.4 Å². The minimum Gasteiger partial charge on any atom is -0.493 e. The van der Waals surface area contributed by atoms with Gasteiger partial charge in [-0.25, -0.2) is 0 Å². The largest absolute Gasteiger partial charge is 0.493 e. The SMILES string of the molecule is CC(=O)Nc1cccc(NC(=O)CNc2ccc(OCC(C)C)cc2)c1. The maximum absolute atomic E-state index is 12.1. The van der Waals surface area contributed by atoms with Gasteiger partial charge in [0.15, 0.2) is 0 Å². The van der Waals surface area contributed by atoms with Crippen molar-refractivity contribution in [2.45, 2.75) is 20.8 Å². The van der Waals surface area contributed by atoms with E-state index in [1.807, 2.05) is 24.3 Å². The summed E-state index contributed by atoms with van der Waals surface area (Å²) in [5, 5.41) is 8.54. The van der Waals surface area contributed by atoms with Gasteiger partial charge in [-0.15, -0.1) is 0 Å². The summed E-state index contributed by atoms with van der Waals surface area (Å²) < 4.78 is 5.63. The van der Waals surface area contributed by atoms with Gasteiger partial charge >= 0.3 is 0 Å². The van der Waals surface area contributed by atoms with Gasteiger partial charge in [0, 0.05) is 24.0 Å². The number of ether oxygens (including phenoxy) is 1. The highest BCUT2D eigenvalue weighted by Crippen LogP contribution is 2.17. The summed E-state index contributed by atoms with van der Waals surface area (Å²) in [4.78, 5) is 23.2. The number of nitrogens with one attached hydrogen (secondary N) is 3. The van der Waals surface area contributed by atoms with Crippen LogP contribution >= 0.6 is 0 Å². The summed E-state index contributed by atoms with van der Waals surface area (Å²) in [7, 11) is 0. The Morgan fingerprint density at radius 1 is 0.962 bits per heavy atom. The van der Waals surface area contributed by atoms with Gasteiger partial charge in [0.1, 0.15) is 5.75 Å². The molecule has 0 unspecified atom stereocenters. The molecule has 0 atom stereocenters. The Balaban J connectivity index is 1.82. The predicted molar refractivity (Wildman–Crippen MR) is 105 cm³/mol. The molecule has 2 rings (SSSR count). The van der Waals surface area contributed by atoms with Crippen molar-refractivity contribution in [2.24, 2.45) is 5.92 Å². The van der Waals surface area contributed by atoms with Crippen molar-refractivity contribution in [1.82, 2.24) is 0 Å². The molecule has 0 fully saturated rings. The van der Waals surface area contributed by atoms with Crippen LogP contribution in [0.15, 0.2) is 48.5 Å². The van der Waals surface area contributed by atoms with Gasteiger partial charge in [-0.1, -0.05) is 19.9 Å². The molecule has 0 aliphatic heterocycles. The van der Waals surface area contributed by atoms with E-state index >= 15 is 0 Å². The molecule has 26 heavy (non-hydrogen) atoms. The predicted octanol–water partition coefficient (Wildman–Crippen LogP) is 3.73. The van der Waals surface area contributed by atoms with E-state index in [1.165, 1.54) is 6.92 Å². The molecule has 2 aromatic rings. The van der Waals surface area contributed by atoms with Gasteiger partial charge in [0.2, 0.25) is 11.8 Å². The Bertz CT molecular complexity index is 742. The van der Waals surface area contributed by atoms with Crippen LogP contribution in [0.25, 0.3) is 0 Å². The maximum atomic E-state index is 12.1. The first-order chi connectivity index (χ1) is 12.4. The number of amides is 2. The van der Waals surface area contributed by atoms with Crippen molar-refractivity contribution in [2.75, 3.05) is 29.1 Å². The lowest BCUT2D eigenvalue weighted by atomic mass is 10.2. The minimum atomic E-state index is -0.176. The molecular formula is C20H25N3O3. The number of benzene rings is 2. The second-order valence-electron chi connectivity index (χ2n) is 6.39. The second kappa shape index (κ2) is 9.46. The zero-order valence-corrected chi connectivity index (χ0v) is 15.3. The van der Waals surface area contributed by atoms with Gasteiger partial charge < -0.3 is 20.7 Å². The third-order valence-corrected chi connectivity index (χ3v) is 3.36. The van der Waals surface area contributed by atoms with E-state index in [1.54, 1.807) is 24.3 Å². The van der Waals surface area contributed by atoms with E-state index in [2.05, 4.69) is 29.8 Å². The lowest BCUT2D eigenvalue weighted by Gasteiger charge is -2.11. The smallest absolute Gasteiger partial charge is 0.243 e. The van der Waals surface area contributed by atoms with E-state index in [4.69, 9.17) is 4.74 Å². The number of carbonyl (C=O) groups is 2. The molecule has 0 heterocycles. The van der Waals surface area contributed by atoms with Crippen molar-refractivity contribution in [1.29, 1.82) is 0 Å². The highest BCUT2D eigenvalue weighted by molar-refractivity contribution is 5.95. The summed E-state index contributed by atoms with van der Waals surface area (Å²) in [6.07, 6.45) is 0. The summed E-state index contributed by atoms with van der Waals surface area (Å²) in [6, 6.07) is 14.5. The molecule has 2 amide bonds. The van der Waals surface area contributed by atoms with Gasteiger partial charge in [-0.05, 0) is 48.4 Å². The highest BCUT2D eigenvalue weighted by Gasteiger charge is 2.04. The normalized spacial score (nSPS) is 10.3. The lowest BCUT2D eigenvalue weighted by Crippen LogP contribution is -2.21. The molecule has 0 radical (unpaired) electrons. The maximum Gasteiger partial charge on any atom is 0.243 e. The Kier molecular flexibility index (Phi) is 7.02. The van der Waals surface area contributed by atoms with Gasteiger partial charge in [0.05, 0.1) is 13.2 Å². The van der Waals surface area contributed by atoms with E-state index < -0.39 is 0 Å². The summed E-state index contributed by atoms with van der Waals surface area (Å²) in [5.74, 6) is 0.949. The molecule has 2 aromatic carbocycles. The van der Waals surface area contributed by atoms with Crippen LogP contribution in [0.4, 0.5) is 17.1 Å². The fourth-order valence-corrected chi connectivity index (χ4v) is 2.20. The van der Waals surface area contributed by atoms with Crippen LogP contribution in [0.3, 0.4) is 0 Å². The number of carbonyl (C=O) groups excluding carboxylic acids is 2. The van der Waals surface area contributed by atoms with Crippen molar-refractivity contribution in [3.05, 3.63) is 48.5 Å². The van der Waals surface area contributed by atoms with Crippen LogP contribution in [0.2, 0.25) is 0 Å². The summed E-state index contributed by atoms with van der Waals surface area (Å²) in [5.41, 5.74) is 2.10. The Morgan fingerprint density at radius 2 is 1.62 bits per heavy atom. The Morgan fingerprint density at radius 3 is 2.23 bits per heavy atom. The number of anilines is 3. The topological polar surface area (TPSA) is 79.5 Å². The lowest BCUT2D eigenvalue weighted by molar-refractivity contribution is -0.115. The first kappa shape index (κ1) is 19.3. The first-order valence-electron chi connectivity index (χ1n) is 8.56. The molecule has 0 saturated carbocycles. The van der Waals surface area contributed by atoms with E-state index in [0.717, 1.165) is 11.4 Å². The molecule has 6 nitrogen and oxygen atoms in total. The van der Waals surface area contributed by atoms with Gasteiger partial charge in [0.25, 0.3) is 0 Å². The first-order valence-corrected chi connectivity index (χ1v) is 8.56. The van der Waals surface area contributed by atoms with Crippen LogP contribution in [-0.2, 0) is 9.59 Å². The van der Waals surface area contributed by atoms with Crippen LogP contribution in [0.1, 0.15) is 20.8 Å². The molecule has 0 aromatic heterocycles. The Labute approximate surface area is 153 Å². The van der Waals surface area contributed by atoms with E-state index in [0.29, 0.717) is 23.9 Å². The average molecular weight is 355 g/mol. The number of hydrogen-bond acceptors (Lipinski definition) is 4. The fraction of sp³-hybridized carbons (Fsp3) is 0.300. The second-order valence-corrected chi connectivity index (χ2v) is 6.39. The molecule has 138 valence electrons. The highest BCUT2D eigenvalue weighted by atomic mass is 16.5. The molecule has 0 spiro atoms. The molecular weight excluding hydrogens is 330 g/mol. The molecule has 3 N–H and O–H groups in total. The molecule has 0 aliphatic carbocycles. The van der Waals surface area contributed by atoms with Crippen molar-refractivity contribution in [3.8, 4) is 5.75 Å².